The van der Waals surface area contributed by atoms with Gasteiger partial charge in [0.15, 0.2) is 0 Å². The average molecular weight is 275 g/mol. The number of amides is 1. The zero-order valence-corrected chi connectivity index (χ0v) is 12.4. The molecule has 0 fully saturated rings. The van der Waals surface area contributed by atoms with Crippen LogP contribution in [0.4, 0.5) is 0 Å². The van der Waals surface area contributed by atoms with Crippen LogP contribution in [0, 0.1) is 18.8 Å². The van der Waals surface area contributed by atoms with Gasteiger partial charge in [0.25, 0.3) is 5.91 Å². The second-order valence-corrected chi connectivity index (χ2v) is 4.71. The smallest absolute Gasteiger partial charge is 0.253 e. The Hall–Kier alpha value is -1.83. The van der Waals surface area contributed by atoms with Crippen molar-refractivity contribution in [1.82, 2.24) is 4.90 Å². The van der Waals surface area contributed by atoms with Crippen molar-refractivity contribution >= 4 is 5.91 Å². The number of rotatable bonds is 4. The van der Waals surface area contributed by atoms with E-state index in [0.29, 0.717) is 12.2 Å². The van der Waals surface area contributed by atoms with E-state index in [2.05, 4.69) is 11.8 Å². The lowest BCUT2D eigenvalue weighted by Gasteiger charge is -2.24. The average Bonchev–Trinajstić information content (AvgIpc) is 2.45. The molecule has 0 aromatic heterocycles. The molecule has 108 valence electrons. The first-order chi connectivity index (χ1) is 9.51. The summed E-state index contributed by atoms with van der Waals surface area (Å²) in [6.07, 6.45) is 0. The molecule has 1 amide bonds. The van der Waals surface area contributed by atoms with Crippen LogP contribution in [0.1, 0.15) is 28.4 Å². The maximum Gasteiger partial charge on any atom is 0.253 e. The first-order valence-electron chi connectivity index (χ1n) is 6.47. The first kappa shape index (κ1) is 16.2. The van der Waals surface area contributed by atoms with Crippen LogP contribution >= 0.6 is 0 Å². The minimum Gasteiger partial charge on any atom is -0.384 e. The highest BCUT2D eigenvalue weighted by Crippen LogP contribution is 2.13. The van der Waals surface area contributed by atoms with Gasteiger partial charge in [0.1, 0.15) is 6.61 Å². The number of nitrogens with zero attached hydrogens (tertiary/aromatic N) is 1. The van der Waals surface area contributed by atoms with E-state index in [1.807, 2.05) is 19.9 Å². The molecule has 0 aliphatic rings. The van der Waals surface area contributed by atoms with Crippen LogP contribution < -0.4 is 0 Å². The fraction of sp³-hybridized carbons (Fsp3) is 0.438. The quantitative estimate of drug-likeness (QED) is 0.846. The van der Waals surface area contributed by atoms with E-state index in [9.17, 15) is 4.79 Å². The molecule has 1 N–H and O–H groups in total. The maximum atomic E-state index is 12.4. The second-order valence-electron chi connectivity index (χ2n) is 4.71. The molecule has 1 aromatic rings. The molecule has 4 nitrogen and oxygen atoms in total. The molecule has 20 heavy (non-hydrogen) atoms. The van der Waals surface area contributed by atoms with Crippen molar-refractivity contribution in [2.75, 3.05) is 27.4 Å². The predicted octanol–water partition coefficient (Wildman–Crippen LogP) is 1.45. The molecule has 0 aliphatic carbocycles. The molecule has 4 heteroatoms. The minimum absolute atomic E-state index is 0.000721. The van der Waals surface area contributed by atoms with E-state index in [1.54, 1.807) is 31.2 Å². The molecule has 1 atom stereocenters. The number of ether oxygens (including phenoxy) is 1. The fourth-order valence-corrected chi connectivity index (χ4v) is 1.78. The topological polar surface area (TPSA) is 49.8 Å². The number of aliphatic hydroxyl groups is 1. The Morgan fingerprint density at radius 1 is 1.50 bits per heavy atom. The zero-order chi connectivity index (χ0) is 15.1. The van der Waals surface area contributed by atoms with Gasteiger partial charge in [-0.1, -0.05) is 17.9 Å². The monoisotopic (exact) mass is 275 g/mol. The van der Waals surface area contributed by atoms with Crippen LogP contribution in [0.2, 0.25) is 0 Å². The Morgan fingerprint density at radius 2 is 2.20 bits per heavy atom. The lowest BCUT2D eigenvalue weighted by atomic mass is 10.0. The van der Waals surface area contributed by atoms with Crippen LogP contribution in [0.5, 0.6) is 0 Å². The van der Waals surface area contributed by atoms with Gasteiger partial charge in [-0.25, -0.2) is 0 Å². The number of methoxy groups -OCH3 is 1. The Balaban J connectivity index is 2.99. The molecular formula is C16H21NO3. The van der Waals surface area contributed by atoms with Crippen LogP contribution in [0.3, 0.4) is 0 Å². The summed E-state index contributed by atoms with van der Waals surface area (Å²) in [5.74, 6) is 5.39. The van der Waals surface area contributed by atoms with E-state index in [-0.39, 0.29) is 18.6 Å². The highest BCUT2D eigenvalue weighted by Gasteiger charge is 2.17. The second kappa shape index (κ2) is 7.68. The highest BCUT2D eigenvalue weighted by atomic mass is 16.5. The van der Waals surface area contributed by atoms with Crippen molar-refractivity contribution in [2.24, 2.45) is 0 Å². The van der Waals surface area contributed by atoms with Gasteiger partial charge in [-0.15, -0.1) is 0 Å². The molecule has 0 radical (unpaired) electrons. The largest absolute Gasteiger partial charge is 0.384 e. The number of carbonyl (C=O) groups is 1. The molecule has 1 rings (SSSR count). The molecule has 0 bridgehead atoms. The van der Waals surface area contributed by atoms with E-state index >= 15 is 0 Å². The van der Waals surface area contributed by atoms with Gasteiger partial charge >= 0.3 is 0 Å². The third-order valence-corrected chi connectivity index (χ3v) is 3.18. The molecule has 1 unspecified atom stereocenters. The van der Waals surface area contributed by atoms with Crippen LogP contribution in [0.25, 0.3) is 0 Å². The molecule has 0 heterocycles. The third kappa shape index (κ3) is 4.09. The normalized spacial score (nSPS) is 11.4. The standard InChI is InChI=1S/C16H21NO3/c1-12-7-8-15(10-14(12)6-5-9-18)16(19)17(3)13(2)11-20-4/h7-8,10,13,18H,9,11H2,1-4H3. The van der Waals surface area contributed by atoms with Crippen molar-refractivity contribution in [1.29, 1.82) is 0 Å². The highest BCUT2D eigenvalue weighted by molar-refractivity contribution is 5.94. The van der Waals surface area contributed by atoms with E-state index in [0.717, 1.165) is 11.1 Å². The van der Waals surface area contributed by atoms with Crippen molar-refractivity contribution in [2.45, 2.75) is 19.9 Å². The van der Waals surface area contributed by atoms with Crippen LogP contribution in [-0.4, -0.2) is 49.3 Å². The predicted molar refractivity (Wildman–Crippen MR) is 78.6 cm³/mol. The van der Waals surface area contributed by atoms with Gasteiger partial charge in [0, 0.05) is 25.3 Å². The van der Waals surface area contributed by atoms with Gasteiger partial charge < -0.3 is 14.7 Å². The molecule has 0 saturated heterocycles. The summed E-state index contributed by atoms with van der Waals surface area (Å²) >= 11 is 0. The number of likely N-dealkylation sites (N-methyl/N-ethyl adjacent to an activating group) is 1. The number of hydrogen-bond donors (Lipinski definition) is 1. The summed E-state index contributed by atoms with van der Waals surface area (Å²) in [6.45, 7) is 4.16. The van der Waals surface area contributed by atoms with Crippen molar-refractivity contribution in [3.8, 4) is 11.8 Å². The zero-order valence-electron chi connectivity index (χ0n) is 12.4. The van der Waals surface area contributed by atoms with Gasteiger partial charge in [0.05, 0.1) is 12.6 Å². The summed E-state index contributed by atoms with van der Waals surface area (Å²) in [4.78, 5) is 14.0. The molecule has 0 aliphatic heterocycles. The lowest BCUT2D eigenvalue weighted by Crippen LogP contribution is -2.37. The summed E-state index contributed by atoms with van der Waals surface area (Å²) in [5.41, 5.74) is 2.33. The first-order valence-corrected chi connectivity index (χ1v) is 6.47. The van der Waals surface area contributed by atoms with E-state index in [4.69, 9.17) is 9.84 Å². The minimum atomic E-state index is -0.192. The fourth-order valence-electron chi connectivity index (χ4n) is 1.78. The van der Waals surface area contributed by atoms with Crippen LogP contribution in [0.15, 0.2) is 18.2 Å². The molecular weight excluding hydrogens is 254 g/mol. The van der Waals surface area contributed by atoms with Gasteiger partial charge in [-0.05, 0) is 31.5 Å². The van der Waals surface area contributed by atoms with Crippen molar-refractivity contribution in [3.05, 3.63) is 34.9 Å². The summed E-state index contributed by atoms with van der Waals surface area (Å²) in [5, 5.41) is 8.75. The summed E-state index contributed by atoms with van der Waals surface area (Å²) < 4.78 is 5.06. The maximum absolute atomic E-state index is 12.4. The summed E-state index contributed by atoms with van der Waals surface area (Å²) in [6, 6.07) is 5.42. The Bertz CT molecular complexity index is 528. The van der Waals surface area contributed by atoms with E-state index < -0.39 is 0 Å². The number of benzene rings is 1. The summed E-state index contributed by atoms with van der Waals surface area (Å²) in [7, 11) is 3.37. The number of aryl methyl sites for hydroxylation is 1. The molecule has 1 aromatic carbocycles. The van der Waals surface area contributed by atoms with Crippen molar-refractivity contribution in [3.63, 3.8) is 0 Å². The number of carbonyl (C=O) groups excluding carboxylic acids is 1. The van der Waals surface area contributed by atoms with Gasteiger partial charge in [-0.2, -0.15) is 0 Å². The number of hydrogen-bond acceptors (Lipinski definition) is 3. The molecule has 0 spiro atoms. The van der Waals surface area contributed by atoms with E-state index in [1.165, 1.54) is 0 Å². The van der Waals surface area contributed by atoms with Gasteiger partial charge in [0.2, 0.25) is 0 Å². The molecule has 0 saturated carbocycles. The lowest BCUT2D eigenvalue weighted by molar-refractivity contribution is 0.0633. The van der Waals surface area contributed by atoms with Gasteiger partial charge in [-0.3, -0.25) is 4.79 Å². The Labute approximate surface area is 120 Å². The third-order valence-electron chi connectivity index (χ3n) is 3.18. The van der Waals surface area contributed by atoms with Crippen LogP contribution in [-0.2, 0) is 4.74 Å². The van der Waals surface area contributed by atoms with Crippen molar-refractivity contribution < 1.29 is 14.6 Å². The Kier molecular flexibility index (Phi) is 6.23. The SMILES string of the molecule is COCC(C)N(C)C(=O)c1ccc(C)c(C#CCO)c1. The number of aliphatic hydroxyl groups excluding tert-OH is 1. The Morgan fingerprint density at radius 3 is 2.80 bits per heavy atom.